The molecule has 0 saturated carbocycles. The second-order valence-electron chi connectivity index (χ2n) is 4.47. The van der Waals surface area contributed by atoms with Gasteiger partial charge in [-0.05, 0) is 45.7 Å². The fraction of sp³-hybridized carbons (Fsp3) is 0.667. The molecule has 86 valence electrons. The first-order valence-corrected chi connectivity index (χ1v) is 5.24. The lowest BCUT2D eigenvalue weighted by molar-refractivity contribution is 0.000716. The Morgan fingerprint density at radius 1 is 1.47 bits per heavy atom. The number of hydrogen-bond acceptors (Lipinski definition) is 3. The number of ether oxygens (including phenoxy) is 1. The number of rotatable bonds is 5. The molecule has 3 nitrogen and oxygen atoms in total. The Kier molecular flexibility index (Phi) is 3.94. The zero-order valence-electron chi connectivity index (χ0n) is 9.91. The minimum Gasteiger partial charge on any atom is -0.464 e. The van der Waals surface area contributed by atoms with Crippen molar-refractivity contribution in [3.05, 3.63) is 23.7 Å². The maximum atomic E-state index is 9.84. The van der Waals surface area contributed by atoms with Gasteiger partial charge in [0.2, 0.25) is 0 Å². The molecule has 0 spiro atoms. The molecule has 1 heterocycles. The standard InChI is InChI=1S/C12H20O3/c1-9-5-6-11(15-9)10(13)7-8-12(2,3)14-4/h5-6,10,13H,7-8H2,1-4H3. The van der Waals surface area contributed by atoms with Crippen molar-refractivity contribution in [2.45, 2.75) is 45.3 Å². The lowest BCUT2D eigenvalue weighted by Gasteiger charge is -2.23. The summed E-state index contributed by atoms with van der Waals surface area (Å²) in [4.78, 5) is 0. The lowest BCUT2D eigenvalue weighted by atomic mass is 9.99. The zero-order chi connectivity index (χ0) is 11.5. The molecular weight excluding hydrogens is 192 g/mol. The molecule has 0 aliphatic heterocycles. The third kappa shape index (κ3) is 3.68. The Labute approximate surface area is 91.1 Å². The van der Waals surface area contributed by atoms with E-state index in [0.29, 0.717) is 12.2 Å². The summed E-state index contributed by atoms with van der Waals surface area (Å²) < 4.78 is 10.6. The first kappa shape index (κ1) is 12.3. The van der Waals surface area contributed by atoms with E-state index in [2.05, 4.69) is 0 Å². The van der Waals surface area contributed by atoms with Gasteiger partial charge in [0, 0.05) is 7.11 Å². The Morgan fingerprint density at radius 2 is 2.13 bits per heavy atom. The van der Waals surface area contributed by atoms with Crippen LogP contribution < -0.4 is 0 Å². The third-order valence-corrected chi connectivity index (χ3v) is 2.66. The average molecular weight is 212 g/mol. The van der Waals surface area contributed by atoms with E-state index in [0.717, 1.165) is 12.2 Å². The summed E-state index contributed by atoms with van der Waals surface area (Å²) in [5.74, 6) is 1.47. The molecule has 1 aromatic rings. The molecule has 3 heteroatoms. The van der Waals surface area contributed by atoms with E-state index in [1.165, 1.54) is 0 Å². The number of aliphatic hydroxyl groups excluding tert-OH is 1. The van der Waals surface area contributed by atoms with Crippen molar-refractivity contribution in [3.63, 3.8) is 0 Å². The van der Waals surface area contributed by atoms with E-state index < -0.39 is 6.10 Å². The number of aryl methyl sites for hydroxylation is 1. The zero-order valence-corrected chi connectivity index (χ0v) is 9.91. The van der Waals surface area contributed by atoms with Gasteiger partial charge < -0.3 is 14.3 Å². The highest BCUT2D eigenvalue weighted by Gasteiger charge is 2.20. The number of furan rings is 1. The molecule has 0 amide bonds. The van der Waals surface area contributed by atoms with Crippen molar-refractivity contribution in [3.8, 4) is 0 Å². The van der Waals surface area contributed by atoms with Crippen LogP contribution in [0, 0.1) is 6.92 Å². The minimum absolute atomic E-state index is 0.192. The summed E-state index contributed by atoms with van der Waals surface area (Å²) >= 11 is 0. The van der Waals surface area contributed by atoms with Crippen LogP contribution in [0.4, 0.5) is 0 Å². The van der Waals surface area contributed by atoms with E-state index in [-0.39, 0.29) is 5.60 Å². The van der Waals surface area contributed by atoms with Gasteiger partial charge in [0.25, 0.3) is 0 Å². The first-order chi connectivity index (χ1) is 6.94. The maximum absolute atomic E-state index is 9.84. The van der Waals surface area contributed by atoms with Crippen molar-refractivity contribution in [1.82, 2.24) is 0 Å². The number of methoxy groups -OCH3 is 1. The molecule has 0 aromatic carbocycles. The summed E-state index contributed by atoms with van der Waals surface area (Å²) in [5.41, 5.74) is -0.192. The second-order valence-corrected chi connectivity index (χ2v) is 4.47. The predicted molar refractivity (Wildman–Crippen MR) is 58.7 cm³/mol. The molecule has 1 rings (SSSR count). The first-order valence-electron chi connectivity index (χ1n) is 5.24. The molecule has 1 aromatic heterocycles. The van der Waals surface area contributed by atoms with Gasteiger partial charge >= 0.3 is 0 Å². The van der Waals surface area contributed by atoms with Crippen LogP contribution in [-0.2, 0) is 4.74 Å². The van der Waals surface area contributed by atoms with Gasteiger partial charge in [-0.25, -0.2) is 0 Å². The monoisotopic (exact) mass is 212 g/mol. The summed E-state index contributed by atoms with van der Waals surface area (Å²) in [5, 5.41) is 9.84. The summed E-state index contributed by atoms with van der Waals surface area (Å²) in [6, 6.07) is 3.68. The van der Waals surface area contributed by atoms with Crippen molar-refractivity contribution >= 4 is 0 Å². The van der Waals surface area contributed by atoms with Crippen LogP contribution in [0.25, 0.3) is 0 Å². The Balaban J connectivity index is 2.46. The van der Waals surface area contributed by atoms with Crippen LogP contribution in [0.1, 0.15) is 44.3 Å². The SMILES string of the molecule is COC(C)(C)CCC(O)c1ccc(C)o1. The summed E-state index contributed by atoms with van der Waals surface area (Å²) in [6.45, 7) is 5.88. The van der Waals surface area contributed by atoms with Crippen LogP contribution in [0.15, 0.2) is 16.5 Å². The van der Waals surface area contributed by atoms with Crippen molar-refractivity contribution in [2.75, 3.05) is 7.11 Å². The van der Waals surface area contributed by atoms with Crippen molar-refractivity contribution in [1.29, 1.82) is 0 Å². The van der Waals surface area contributed by atoms with Crippen LogP contribution in [0.3, 0.4) is 0 Å². The van der Waals surface area contributed by atoms with Crippen LogP contribution in [-0.4, -0.2) is 17.8 Å². The number of aliphatic hydroxyl groups is 1. The maximum Gasteiger partial charge on any atom is 0.132 e. The molecule has 0 radical (unpaired) electrons. The molecule has 1 atom stereocenters. The molecule has 1 unspecified atom stereocenters. The summed E-state index contributed by atoms with van der Waals surface area (Å²) in [6.07, 6.45) is 0.909. The lowest BCUT2D eigenvalue weighted by Crippen LogP contribution is -2.23. The quantitative estimate of drug-likeness (QED) is 0.816. The van der Waals surface area contributed by atoms with Gasteiger partial charge in [-0.1, -0.05) is 0 Å². The Hall–Kier alpha value is -0.800. The number of hydrogen-bond donors (Lipinski definition) is 1. The fourth-order valence-electron chi connectivity index (χ4n) is 1.36. The average Bonchev–Trinajstić information content (AvgIpc) is 2.61. The van der Waals surface area contributed by atoms with Crippen LogP contribution in [0.5, 0.6) is 0 Å². The fourth-order valence-corrected chi connectivity index (χ4v) is 1.36. The van der Waals surface area contributed by atoms with E-state index in [1.807, 2.05) is 32.9 Å². The highest BCUT2D eigenvalue weighted by molar-refractivity contribution is 5.07. The predicted octanol–water partition coefficient (Wildman–Crippen LogP) is 2.83. The van der Waals surface area contributed by atoms with E-state index >= 15 is 0 Å². The normalized spacial score (nSPS) is 14.2. The Bertz CT molecular complexity index is 302. The van der Waals surface area contributed by atoms with Gasteiger partial charge in [-0.3, -0.25) is 0 Å². The third-order valence-electron chi connectivity index (χ3n) is 2.66. The molecule has 0 aliphatic rings. The molecule has 0 saturated heterocycles. The van der Waals surface area contributed by atoms with E-state index in [4.69, 9.17) is 9.15 Å². The highest BCUT2D eigenvalue weighted by atomic mass is 16.5. The van der Waals surface area contributed by atoms with Gasteiger partial charge in [0.05, 0.1) is 5.60 Å². The van der Waals surface area contributed by atoms with Gasteiger partial charge in [-0.15, -0.1) is 0 Å². The Morgan fingerprint density at radius 3 is 2.60 bits per heavy atom. The van der Waals surface area contributed by atoms with Crippen LogP contribution >= 0.6 is 0 Å². The van der Waals surface area contributed by atoms with Gasteiger partial charge in [0.15, 0.2) is 0 Å². The highest BCUT2D eigenvalue weighted by Crippen LogP contribution is 2.25. The molecule has 15 heavy (non-hydrogen) atoms. The van der Waals surface area contributed by atoms with Gasteiger partial charge in [0.1, 0.15) is 17.6 Å². The smallest absolute Gasteiger partial charge is 0.132 e. The topological polar surface area (TPSA) is 42.6 Å². The molecular formula is C12H20O3. The molecule has 1 N–H and O–H groups in total. The van der Waals surface area contributed by atoms with Crippen LogP contribution in [0.2, 0.25) is 0 Å². The minimum atomic E-state index is -0.534. The molecule has 0 aliphatic carbocycles. The second kappa shape index (κ2) is 4.81. The van der Waals surface area contributed by atoms with E-state index in [9.17, 15) is 5.11 Å². The van der Waals surface area contributed by atoms with Crippen molar-refractivity contribution in [2.24, 2.45) is 0 Å². The summed E-state index contributed by atoms with van der Waals surface area (Å²) in [7, 11) is 1.68. The largest absolute Gasteiger partial charge is 0.464 e. The molecule has 0 fully saturated rings. The van der Waals surface area contributed by atoms with E-state index in [1.54, 1.807) is 7.11 Å². The van der Waals surface area contributed by atoms with Gasteiger partial charge in [-0.2, -0.15) is 0 Å². The molecule has 0 bridgehead atoms. The van der Waals surface area contributed by atoms with Crippen molar-refractivity contribution < 1.29 is 14.3 Å².